The maximum atomic E-state index is 4.99. The Morgan fingerprint density at radius 1 is 1.67 bits per heavy atom. The number of rotatable bonds is 3. The van der Waals surface area contributed by atoms with Gasteiger partial charge in [0.25, 0.3) is 0 Å². The summed E-state index contributed by atoms with van der Waals surface area (Å²) in [5.41, 5.74) is 0. The molecule has 0 saturated carbocycles. The van der Waals surface area contributed by atoms with Crippen molar-refractivity contribution < 1.29 is 0 Å². The SMILES string of the molecule is CCNC(=S)C(S)CC. The third kappa shape index (κ3) is 3.76. The van der Waals surface area contributed by atoms with E-state index < -0.39 is 0 Å². The quantitative estimate of drug-likeness (QED) is 0.484. The maximum Gasteiger partial charge on any atom is 0.0882 e. The fraction of sp³-hybridized carbons (Fsp3) is 0.833. The minimum Gasteiger partial charge on any atom is -0.379 e. The van der Waals surface area contributed by atoms with Crippen LogP contribution < -0.4 is 5.32 Å². The zero-order chi connectivity index (χ0) is 7.28. The zero-order valence-electron chi connectivity index (χ0n) is 5.85. The number of hydrogen-bond donors (Lipinski definition) is 2. The molecule has 54 valence electrons. The van der Waals surface area contributed by atoms with Crippen LogP contribution in [0.15, 0.2) is 0 Å². The minimum absolute atomic E-state index is 0.236. The second kappa shape index (κ2) is 5.06. The Balaban J connectivity index is 3.46. The van der Waals surface area contributed by atoms with Gasteiger partial charge in [-0.3, -0.25) is 0 Å². The van der Waals surface area contributed by atoms with E-state index in [1.165, 1.54) is 0 Å². The van der Waals surface area contributed by atoms with E-state index >= 15 is 0 Å². The summed E-state index contributed by atoms with van der Waals surface area (Å²) in [4.78, 5) is 0.864. The second-order valence-corrected chi connectivity index (χ2v) is 2.88. The molecule has 0 spiro atoms. The Morgan fingerprint density at radius 2 is 2.22 bits per heavy atom. The van der Waals surface area contributed by atoms with Crippen molar-refractivity contribution >= 4 is 29.8 Å². The summed E-state index contributed by atoms with van der Waals surface area (Å²) in [7, 11) is 0. The van der Waals surface area contributed by atoms with E-state index in [0.717, 1.165) is 18.0 Å². The lowest BCUT2D eigenvalue weighted by Crippen LogP contribution is -2.28. The van der Waals surface area contributed by atoms with Crippen LogP contribution in [0.25, 0.3) is 0 Å². The van der Waals surface area contributed by atoms with E-state index in [1.807, 2.05) is 6.92 Å². The van der Waals surface area contributed by atoms with Gasteiger partial charge in [0, 0.05) is 6.54 Å². The highest BCUT2D eigenvalue weighted by Crippen LogP contribution is 2.00. The van der Waals surface area contributed by atoms with Crippen LogP contribution in [0.2, 0.25) is 0 Å². The van der Waals surface area contributed by atoms with Gasteiger partial charge in [-0.2, -0.15) is 12.6 Å². The highest BCUT2D eigenvalue weighted by molar-refractivity contribution is 7.86. The topological polar surface area (TPSA) is 12.0 Å². The predicted molar refractivity (Wildman–Crippen MR) is 49.3 cm³/mol. The highest BCUT2D eigenvalue weighted by atomic mass is 32.1. The molecule has 1 unspecified atom stereocenters. The number of nitrogens with one attached hydrogen (secondary N) is 1. The van der Waals surface area contributed by atoms with E-state index in [2.05, 4.69) is 24.9 Å². The molecule has 1 N–H and O–H groups in total. The number of thiocarbonyl (C=S) groups is 1. The van der Waals surface area contributed by atoms with Gasteiger partial charge in [-0.1, -0.05) is 19.1 Å². The van der Waals surface area contributed by atoms with Crippen LogP contribution >= 0.6 is 24.8 Å². The zero-order valence-corrected chi connectivity index (χ0v) is 7.56. The van der Waals surface area contributed by atoms with E-state index in [4.69, 9.17) is 12.2 Å². The van der Waals surface area contributed by atoms with Crippen molar-refractivity contribution in [2.24, 2.45) is 0 Å². The lowest BCUT2D eigenvalue weighted by atomic mass is 10.3. The van der Waals surface area contributed by atoms with Crippen LogP contribution in [0.4, 0.5) is 0 Å². The molecule has 0 heterocycles. The molecule has 0 aromatic heterocycles. The van der Waals surface area contributed by atoms with Gasteiger partial charge < -0.3 is 5.32 Å². The first kappa shape index (κ1) is 9.24. The lowest BCUT2D eigenvalue weighted by molar-refractivity contribution is 0.921. The van der Waals surface area contributed by atoms with E-state index in [9.17, 15) is 0 Å². The van der Waals surface area contributed by atoms with E-state index in [1.54, 1.807) is 0 Å². The summed E-state index contributed by atoms with van der Waals surface area (Å²) in [5, 5.41) is 3.29. The molecule has 0 bridgehead atoms. The highest BCUT2D eigenvalue weighted by Gasteiger charge is 2.03. The molecule has 9 heavy (non-hydrogen) atoms. The predicted octanol–water partition coefficient (Wildman–Crippen LogP) is 1.63. The van der Waals surface area contributed by atoms with Gasteiger partial charge in [-0.15, -0.1) is 0 Å². The van der Waals surface area contributed by atoms with Gasteiger partial charge in [0.1, 0.15) is 0 Å². The van der Waals surface area contributed by atoms with Crippen molar-refractivity contribution in [3.63, 3.8) is 0 Å². The normalized spacial score (nSPS) is 12.8. The molecule has 0 saturated heterocycles. The van der Waals surface area contributed by atoms with Crippen LogP contribution in [0, 0.1) is 0 Å². The average molecular weight is 163 g/mol. The molecular formula is C6H13NS2. The van der Waals surface area contributed by atoms with Gasteiger partial charge in [0.15, 0.2) is 0 Å². The Bertz CT molecular complexity index is 93.1. The largest absolute Gasteiger partial charge is 0.379 e. The molecule has 3 heteroatoms. The Hall–Kier alpha value is 0.240. The van der Waals surface area contributed by atoms with Crippen LogP contribution in [-0.2, 0) is 0 Å². The molecule has 1 atom stereocenters. The molecular weight excluding hydrogens is 150 g/mol. The monoisotopic (exact) mass is 163 g/mol. The lowest BCUT2D eigenvalue weighted by Gasteiger charge is -2.09. The van der Waals surface area contributed by atoms with Crippen molar-refractivity contribution in [3.05, 3.63) is 0 Å². The van der Waals surface area contributed by atoms with Gasteiger partial charge in [0.2, 0.25) is 0 Å². The molecule has 0 aliphatic rings. The molecule has 1 nitrogen and oxygen atoms in total. The number of thiol groups is 1. The van der Waals surface area contributed by atoms with Crippen LogP contribution in [0.3, 0.4) is 0 Å². The summed E-state index contributed by atoms with van der Waals surface area (Å²) in [6.07, 6.45) is 0.995. The summed E-state index contributed by atoms with van der Waals surface area (Å²) in [6, 6.07) is 0. The fourth-order valence-corrected chi connectivity index (χ4v) is 0.880. The summed E-state index contributed by atoms with van der Waals surface area (Å²) < 4.78 is 0. The second-order valence-electron chi connectivity index (χ2n) is 1.82. The molecule has 0 fully saturated rings. The molecule has 0 aliphatic carbocycles. The molecule has 0 radical (unpaired) electrons. The first-order valence-electron chi connectivity index (χ1n) is 3.18. The van der Waals surface area contributed by atoms with Gasteiger partial charge >= 0.3 is 0 Å². The van der Waals surface area contributed by atoms with Crippen LogP contribution in [0.5, 0.6) is 0 Å². The van der Waals surface area contributed by atoms with Crippen LogP contribution in [0.1, 0.15) is 20.3 Å². The Morgan fingerprint density at radius 3 is 2.56 bits per heavy atom. The average Bonchev–Trinajstić information content (AvgIpc) is 1.87. The summed E-state index contributed by atoms with van der Waals surface area (Å²) >= 11 is 9.24. The third-order valence-corrected chi connectivity index (χ3v) is 2.27. The molecule has 0 aromatic rings. The van der Waals surface area contributed by atoms with Crippen LogP contribution in [-0.4, -0.2) is 16.8 Å². The molecule has 0 amide bonds. The number of hydrogen-bond acceptors (Lipinski definition) is 2. The molecule has 0 rings (SSSR count). The van der Waals surface area contributed by atoms with Crippen molar-refractivity contribution in [3.8, 4) is 0 Å². The Labute approximate surface area is 67.6 Å². The van der Waals surface area contributed by atoms with Gasteiger partial charge in [0.05, 0.1) is 10.2 Å². The summed E-state index contributed by atoms with van der Waals surface area (Å²) in [5.74, 6) is 0. The maximum absolute atomic E-state index is 4.99. The van der Waals surface area contributed by atoms with Crippen molar-refractivity contribution in [2.75, 3.05) is 6.54 Å². The third-order valence-electron chi connectivity index (χ3n) is 1.04. The minimum atomic E-state index is 0.236. The molecule has 0 aliphatic heterocycles. The van der Waals surface area contributed by atoms with Crippen molar-refractivity contribution in [1.82, 2.24) is 5.32 Å². The smallest absolute Gasteiger partial charge is 0.0882 e. The van der Waals surface area contributed by atoms with Crippen molar-refractivity contribution in [2.45, 2.75) is 25.5 Å². The van der Waals surface area contributed by atoms with Crippen molar-refractivity contribution in [1.29, 1.82) is 0 Å². The first-order valence-corrected chi connectivity index (χ1v) is 4.10. The molecule has 0 aromatic carbocycles. The standard InChI is InChI=1S/C6H13NS2/c1-3-5(8)6(9)7-4-2/h5,8H,3-4H2,1-2H3,(H,7,9). The van der Waals surface area contributed by atoms with E-state index in [0.29, 0.717) is 0 Å². The van der Waals surface area contributed by atoms with Gasteiger partial charge in [-0.05, 0) is 13.3 Å². The Kier molecular flexibility index (Phi) is 5.19. The van der Waals surface area contributed by atoms with Gasteiger partial charge in [-0.25, -0.2) is 0 Å². The first-order chi connectivity index (χ1) is 4.22. The fourth-order valence-electron chi connectivity index (χ4n) is 0.477. The summed E-state index contributed by atoms with van der Waals surface area (Å²) in [6.45, 7) is 5.00. The van der Waals surface area contributed by atoms with E-state index in [-0.39, 0.29) is 5.25 Å².